The second-order valence-electron chi connectivity index (χ2n) is 4.52. The van der Waals surface area contributed by atoms with Crippen LogP contribution < -0.4 is 5.32 Å². The maximum atomic E-state index is 11.7. The van der Waals surface area contributed by atoms with Gasteiger partial charge in [-0.2, -0.15) is 0 Å². The van der Waals surface area contributed by atoms with E-state index in [-0.39, 0.29) is 18.0 Å². The molecular formula is C12H16N2O3. The standard InChI is InChI=1S/C12H16N2O3/c1-7-5-10(12(16)17)8(2)14(7)6-11(15)13-9-3-4-9/h5,9H,3-4,6H2,1-2H3,(H,13,15)(H,16,17). The van der Waals surface area contributed by atoms with Crippen molar-refractivity contribution in [1.82, 2.24) is 9.88 Å². The van der Waals surface area contributed by atoms with Crippen molar-refractivity contribution in [1.29, 1.82) is 0 Å². The minimum absolute atomic E-state index is 0.0498. The van der Waals surface area contributed by atoms with E-state index in [1.165, 1.54) is 0 Å². The van der Waals surface area contributed by atoms with Gasteiger partial charge < -0.3 is 15.0 Å². The number of carbonyl (C=O) groups excluding carboxylic acids is 1. The first-order valence-corrected chi connectivity index (χ1v) is 5.68. The number of carbonyl (C=O) groups is 2. The number of hydrogen-bond acceptors (Lipinski definition) is 2. The first kappa shape index (κ1) is 11.7. The van der Waals surface area contributed by atoms with E-state index >= 15 is 0 Å². The summed E-state index contributed by atoms with van der Waals surface area (Å²) >= 11 is 0. The van der Waals surface area contributed by atoms with Gasteiger partial charge in [0.25, 0.3) is 0 Å². The maximum absolute atomic E-state index is 11.7. The number of amides is 1. The summed E-state index contributed by atoms with van der Waals surface area (Å²) in [6, 6.07) is 1.93. The molecule has 1 aromatic rings. The Kier molecular flexibility index (Phi) is 2.92. The molecule has 5 heteroatoms. The molecule has 2 rings (SSSR count). The quantitative estimate of drug-likeness (QED) is 0.821. The SMILES string of the molecule is Cc1cc(C(=O)O)c(C)n1CC(=O)NC1CC1. The second-order valence-corrected chi connectivity index (χ2v) is 4.52. The Bertz CT molecular complexity index is 472. The molecule has 1 amide bonds. The third kappa shape index (κ3) is 2.49. The Morgan fingerprint density at radius 3 is 2.59 bits per heavy atom. The zero-order valence-corrected chi connectivity index (χ0v) is 9.99. The number of hydrogen-bond donors (Lipinski definition) is 2. The van der Waals surface area contributed by atoms with Crippen molar-refractivity contribution < 1.29 is 14.7 Å². The summed E-state index contributed by atoms with van der Waals surface area (Å²) in [6.07, 6.45) is 2.10. The van der Waals surface area contributed by atoms with Crippen LogP contribution in [0.25, 0.3) is 0 Å². The highest BCUT2D eigenvalue weighted by molar-refractivity contribution is 5.89. The van der Waals surface area contributed by atoms with Crippen molar-refractivity contribution in [3.05, 3.63) is 23.0 Å². The molecule has 0 atom stereocenters. The van der Waals surface area contributed by atoms with Crippen molar-refractivity contribution in [3.8, 4) is 0 Å². The van der Waals surface area contributed by atoms with Gasteiger partial charge in [-0.05, 0) is 32.8 Å². The molecule has 0 unspecified atom stereocenters. The van der Waals surface area contributed by atoms with Gasteiger partial charge in [0.15, 0.2) is 0 Å². The van der Waals surface area contributed by atoms with E-state index in [4.69, 9.17) is 5.11 Å². The molecule has 1 aliphatic rings. The molecular weight excluding hydrogens is 220 g/mol. The number of carboxylic acids is 1. The zero-order valence-electron chi connectivity index (χ0n) is 9.99. The lowest BCUT2D eigenvalue weighted by atomic mass is 10.2. The average Bonchev–Trinajstić information content (AvgIpc) is 3.00. The lowest BCUT2D eigenvalue weighted by Crippen LogP contribution is -2.30. The van der Waals surface area contributed by atoms with E-state index < -0.39 is 5.97 Å². The zero-order chi connectivity index (χ0) is 12.6. The molecule has 0 aliphatic heterocycles. The maximum Gasteiger partial charge on any atom is 0.337 e. The smallest absolute Gasteiger partial charge is 0.337 e. The van der Waals surface area contributed by atoms with Gasteiger partial charge >= 0.3 is 5.97 Å². The molecule has 1 fully saturated rings. The number of nitrogens with one attached hydrogen (secondary N) is 1. The molecule has 2 N–H and O–H groups in total. The van der Waals surface area contributed by atoms with Crippen LogP contribution in [0.1, 0.15) is 34.6 Å². The molecule has 0 aromatic carbocycles. The Labute approximate surface area is 99.4 Å². The van der Waals surface area contributed by atoms with E-state index in [9.17, 15) is 9.59 Å². The van der Waals surface area contributed by atoms with Gasteiger partial charge in [0.2, 0.25) is 5.91 Å². The molecule has 0 radical (unpaired) electrons. The van der Waals surface area contributed by atoms with E-state index in [1.807, 2.05) is 6.92 Å². The van der Waals surface area contributed by atoms with Crippen molar-refractivity contribution in [3.63, 3.8) is 0 Å². The van der Waals surface area contributed by atoms with Crippen LogP contribution in [-0.2, 0) is 11.3 Å². The summed E-state index contributed by atoms with van der Waals surface area (Å²) in [4.78, 5) is 22.6. The first-order chi connectivity index (χ1) is 7.99. The third-order valence-electron chi connectivity index (χ3n) is 3.05. The van der Waals surface area contributed by atoms with Crippen LogP contribution >= 0.6 is 0 Å². The highest BCUT2D eigenvalue weighted by Crippen LogP contribution is 2.19. The van der Waals surface area contributed by atoms with Crippen molar-refractivity contribution in [2.45, 2.75) is 39.3 Å². The molecule has 0 saturated heterocycles. The van der Waals surface area contributed by atoms with Crippen molar-refractivity contribution in [2.24, 2.45) is 0 Å². The first-order valence-electron chi connectivity index (χ1n) is 5.68. The number of rotatable bonds is 4. The molecule has 5 nitrogen and oxygen atoms in total. The van der Waals surface area contributed by atoms with Crippen LogP contribution in [-0.4, -0.2) is 27.6 Å². The largest absolute Gasteiger partial charge is 0.478 e. The lowest BCUT2D eigenvalue weighted by molar-refractivity contribution is -0.121. The van der Waals surface area contributed by atoms with Crippen LogP contribution in [0.4, 0.5) is 0 Å². The van der Waals surface area contributed by atoms with Gasteiger partial charge in [-0.3, -0.25) is 4.79 Å². The van der Waals surface area contributed by atoms with Crippen LogP contribution in [0.3, 0.4) is 0 Å². The van der Waals surface area contributed by atoms with E-state index in [2.05, 4.69) is 5.32 Å². The Morgan fingerprint density at radius 2 is 2.12 bits per heavy atom. The normalized spacial score (nSPS) is 14.7. The summed E-state index contributed by atoms with van der Waals surface area (Å²) in [5, 5.41) is 11.9. The summed E-state index contributed by atoms with van der Waals surface area (Å²) in [5.41, 5.74) is 1.69. The van der Waals surface area contributed by atoms with E-state index in [1.54, 1.807) is 17.6 Å². The van der Waals surface area contributed by atoms with E-state index in [0.29, 0.717) is 11.7 Å². The topological polar surface area (TPSA) is 71.3 Å². The molecule has 92 valence electrons. The Balaban J connectivity index is 2.14. The molecule has 1 aromatic heterocycles. The molecule has 1 saturated carbocycles. The second kappa shape index (κ2) is 4.24. The number of nitrogens with zero attached hydrogens (tertiary/aromatic N) is 1. The van der Waals surface area contributed by atoms with Gasteiger partial charge in [-0.25, -0.2) is 4.79 Å². The predicted octanol–water partition coefficient (Wildman–Crippen LogP) is 1.08. The van der Waals surface area contributed by atoms with Crippen LogP contribution in [0.5, 0.6) is 0 Å². The monoisotopic (exact) mass is 236 g/mol. The van der Waals surface area contributed by atoms with Crippen molar-refractivity contribution >= 4 is 11.9 Å². The minimum Gasteiger partial charge on any atom is -0.478 e. The van der Waals surface area contributed by atoms with Crippen LogP contribution in [0, 0.1) is 13.8 Å². The molecule has 0 bridgehead atoms. The summed E-state index contributed by atoms with van der Waals surface area (Å²) in [5.74, 6) is -1.00. The van der Waals surface area contributed by atoms with Crippen LogP contribution in [0.2, 0.25) is 0 Å². The highest BCUT2D eigenvalue weighted by Gasteiger charge is 2.24. The predicted molar refractivity (Wildman–Crippen MR) is 62.0 cm³/mol. The number of carboxylic acid groups (broad SMARTS) is 1. The Morgan fingerprint density at radius 1 is 1.47 bits per heavy atom. The average molecular weight is 236 g/mol. The Hall–Kier alpha value is -1.78. The lowest BCUT2D eigenvalue weighted by Gasteiger charge is -2.09. The fraction of sp³-hybridized carbons (Fsp3) is 0.500. The van der Waals surface area contributed by atoms with Gasteiger partial charge in [0.05, 0.1) is 5.56 Å². The van der Waals surface area contributed by atoms with Crippen molar-refractivity contribution in [2.75, 3.05) is 0 Å². The molecule has 0 spiro atoms. The van der Waals surface area contributed by atoms with Gasteiger partial charge in [-0.1, -0.05) is 0 Å². The summed E-state index contributed by atoms with van der Waals surface area (Å²) in [7, 11) is 0. The van der Waals surface area contributed by atoms with Gasteiger partial charge in [-0.15, -0.1) is 0 Å². The molecule has 17 heavy (non-hydrogen) atoms. The van der Waals surface area contributed by atoms with Crippen LogP contribution in [0.15, 0.2) is 6.07 Å². The summed E-state index contributed by atoms with van der Waals surface area (Å²) < 4.78 is 1.74. The van der Waals surface area contributed by atoms with Gasteiger partial charge in [0.1, 0.15) is 6.54 Å². The van der Waals surface area contributed by atoms with Gasteiger partial charge in [0, 0.05) is 17.4 Å². The highest BCUT2D eigenvalue weighted by atomic mass is 16.4. The fourth-order valence-corrected chi connectivity index (χ4v) is 1.91. The molecule has 1 heterocycles. The van der Waals surface area contributed by atoms with E-state index in [0.717, 1.165) is 18.5 Å². The minimum atomic E-state index is -0.952. The number of aryl methyl sites for hydroxylation is 1. The fourth-order valence-electron chi connectivity index (χ4n) is 1.91. The number of aromatic nitrogens is 1. The summed E-state index contributed by atoms with van der Waals surface area (Å²) in [6.45, 7) is 3.73. The molecule has 1 aliphatic carbocycles. The third-order valence-corrected chi connectivity index (χ3v) is 3.05. The number of aromatic carboxylic acids is 1.